The van der Waals surface area contributed by atoms with Gasteiger partial charge in [-0.25, -0.2) is 12.8 Å². The van der Waals surface area contributed by atoms with Crippen molar-refractivity contribution in [1.29, 1.82) is 10.5 Å². The second kappa shape index (κ2) is 7.05. The van der Waals surface area contributed by atoms with Crippen molar-refractivity contribution < 1.29 is 17.2 Å². The average Bonchev–Trinajstić information content (AvgIpc) is 3.04. The Kier molecular flexibility index (Phi) is 5.12. The van der Waals surface area contributed by atoms with Gasteiger partial charge in [0.2, 0.25) is 10.0 Å². The van der Waals surface area contributed by atoms with Crippen LogP contribution in [0.15, 0.2) is 45.9 Å². The molecule has 6 nitrogen and oxygen atoms in total. The second-order valence-corrected chi connectivity index (χ2v) is 6.52. The number of halogens is 1. The van der Waals surface area contributed by atoms with Gasteiger partial charge in [0.25, 0.3) is 0 Å². The quantitative estimate of drug-likeness (QED) is 0.808. The molecule has 2 aromatic rings. The minimum Gasteiger partial charge on any atom is -0.468 e. The van der Waals surface area contributed by atoms with Gasteiger partial charge in [-0.1, -0.05) is 0 Å². The first-order valence-corrected chi connectivity index (χ1v) is 8.02. The zero-order chi connectivity index (χ0) is 16.9. The van der Waals surface area contributed by atoms with Gasteiger partial charge >= 0.3 is 0 Å². The highest BCUT2D eigenvalue weighted by Gasteiger charge is 2.26. The summed E-state index contributed by atoms with van der Waals surface area (Å²) in [6.45, 7) is -0.102. The van der Waals surface area contributed by atoms with Crippen LogP contribution in [0.2, 0.25) is 0 Å². The number of nitrogens with zero attached hydrogens (tertiary/aromatic N) is 3. The predicted octanol–water partition coefficient (Wildman–Crippen LogP) is 2.39. The Bertz CT molecular complexity index is 864. The maximum atomic E-state index is 13.4. The maximum absolute atomic E-state index is 13.4. The van der Waals surface area contributed by atoms with Crippen molar-refractivity contribution in [3.8, 4) is 12.1 Å². The van der Waals surface area contributed by atoms with Crippen LogP contribution in [0.4, 0.5) is 4.39 Å². The lowest BCUT2D eigenvalue weighted by molar-refractivity contribution is 0.368. The molecule has 8 heteroatoms. The molecule has 0 atom stereocenters. The molecule has 2 rings (SSSR count). The zero-order valence-electron chi connectivity index (χ0n) is 11.9. The van der Waals surface area contributed by atoms with Gasteiger partial charge in [-0.15, -0.1) is 0 Å². The molecule has 0 radical (unpaired) electrons. The van der Waals surface area contributed by atoms with Crippen molar-refractivity contribution in [2.45, 2.75) is 17.9 Å². The van der Waals surface area contributed by atoms with Crippen LogP contribution in [0, 0.1) is 28.5 Å². The third-order valence-electron chi connectivity index (χ3n) is 3.08. The lowest BCUT2D eigenvalue weighted by Crippen LogP contribution is -2.31. The standard InChI is InChI=1S/C15H12FN3O3S/c16-15-5-4-14(9-12(15)10-18)23(20,21)19(7-2-6-17)11-13-3-1-8-22-13/h1,3-5,8-9H,2,7,11H2. The third kappa shape index (κ3) is 3.75. The van der Waals surface area contributed by atoms with E-state index in [-0.39, 0.29) is 30.0 Å². The summed E-state index contributed by atoms with van der Waals surface area (Å²) in [7, 11) is -3.99. The molecule has 1 aromatic heterocycles. The van der Waals surface area contributed by atoms with E-state index in [2.05, 4.69) is 0 Å². The average molecular weight is 333 g/mol. The number of sulfonamides is 1. The van der Waals surface area contributed by atoms with Crippen molar-refractivity contribution in [3.63, 3.8) is 0 Å². The molecule has 0 bridgehead atoms. The first-order chi connectivity index (χ1) is 11.0. The minimum atomic E-state index is -3.99. The molecule has 0 fully saturated rings. The summed E-state index contributed by atoms with van der Waals surface area (Å²) >= 11 is 0. The Labute approximate surface area is 133 Å². The molecule has 0 amide bonds. The molecule has 0 saturated carbocycles. The highest BCUT2D eigenvalue weighted by Crippen LogP contribution is 2.21. The molecule has 0 aliphatic carbocycles. The van der Waals surface area contributed by atoms with Gasteiger partial charge in [-0.2, -0.15) is 14.8 Å². The van der Waals surface area contributed by atoms with Gasteiger partial charge in [0, 0.05) is 13.0 Å². The van der Waals surface area contributed by atoms with Gasteiger partial charge in [-0.3, -0.25) is 0 Å². The third-order valence-corrected chi connectivity index (χ3v) is 4.92. The SMILES string of the molecule is N#CCCN(Cc1ccco1)S(=O)(=O)c1ccc(F)c(C#N)c1. The van der Waals surface area contributed by atoms with E-state index in [1.807, 2.05) is 6.07 Å². The van der Waals surface area contributed by atoms with Gasteiger partial charge < -0.3 is 4.42 Å². The molecule has 0 saturated heterocycles. The highest BCUT2D eigenvalue weighted by molar-refractivity contribution is 7.89. The van der Waals surface area contributed by atoms with Crippen molar-refractivity contribution in [2.24, 2.45) is 0 Å². The lowest BCUT2D eigenvalue weighted by atomic mass is 10.2. The number of rotatable bonds is 6. The monoisotopic (exact) mass is 333 g/mol. The molecule has 118 valence electrons. The summed E-state index contributed by atoms with van der Waals surface area (Å²) in [5.74, 6) is -0.379. The zero-order valence-corrected chi connectivity index (χ0v) is 12.8. The Morgan fingerprint density at radius 2 is 2.04 bits per heavy atom. The van der Waals surface area contributed by atoms with Gasteiger partial charge in [0.05, 0.1) is 29.3 Å². The summed E-state index contributed by atoms with van der Waals surface area (Å²) in [6.07, 6.45) is 1.41. The van der Waals surface area contributed by atoms with Crippen LogP contribution < -0.4 is 0 Å². The summed E-state index contributed by atoms with van der Waals surface area (Å²) in [4.78, 5) is -0.208. The van der Waals surface area contributed by atoms with Crippen molar-refractivity contribution in [2.75, 3.05) is 6.54 Å². The van der Waals surface area contributed by atoms with Crippen LogP contribution in [0.25, 0.3) is 0 Å². The van der Waals surface area contributed by atoms with E-state index in [1.54, 1.807) is 18.2 Å². The number of furan rings is 1. The van der Waals surface area contributed by atoms with Crippen molar-refractivity contribution in [3.05, 3.63) is 53.7 Å². The van der Waals surface area contributed by atoms with Crippen molar-refractivity contribution in [1.82, 2.24) is 4.31 Å². The second-order valence-electron chi connectivity index (χ2n) is 4.58. The molecule has 1 heterocycles. The van der Waals surface area contributed by atoms with E-state index in [0.717, 1.165) is 22.5 Å². The number of hydrogen-bond acceptors (Lipinski definition) is 5. The topological polar surface area (TPSA) is 98.1 Å². The molecule has 0 N–H and O–H groups in total. The van der Waals surface area contributed by atoms with E-state index in [0.29, 0.717) is 5.76 Å². The predicted molar refractivity (Wildman–Crippen MR) is 77.6 cm³/mol. The minimum absolute atomic E-state index is 0.00770. The molecular formula is C15H12FN3O3S. The lowest BCUT2D eigenvalue weighted by Gasteiger charge is -2.20. The first kappa shape index (κ1) is 16.7. The Balaban J connectivity index is 2.39. The van der Waals surface area contributed by atoms with Crippen molar-refractivity contribution >= 4 is 10.0 Å². The van der Waals surface area contributed by atoms with Gasteiger partial charge in [0.15, 0.2) is 0 Å². The number of hydrogen-bond donors (Lipinski definition) is 0. The van der Waals surface area contributed by atoms with Crippen LogP contribution in [0.3, 0.4) is 0 Å². The fraction of sp³-hybridized carbons (Fsp3) is 0.200. The largest absolute Gasteiger partial charge is 0.468 e. The summed E-state index contributed by atoms with van der Waals surface area (Å²) in [6, 6.07) is 9.72. The normalized spacial score (nSPS) is 11.1. The van der Waals surface area contributed by atoms with E-state index in [9.17, 15) is 12.8 Å². The van der Waals surface area contributed by atoms with E-state index < -0.39 is 15.8 Å². The van der Waals surface area contributed by atoms with Gasteiger partial charge in [0.1, 0.15) is 17.6 Å². The molecule has 23 heavy (non-hydrogen) atoms. The molecular weight excluding hydrogens is 321 g/mol. The Hall–Kier alpha value is -2.68. The number of benzene rings is 1. The van der Waals surface area contributed by atoms with Crippen LogP contribution in [-0.4, -0.2) is 19.3 Å². The highest BCUT2D eigenvalue weighted by atomic mass is 32.2. The fourth-order valence-corrected chi connectivity index (χ4v) is 3.37. The van der Waals surface area contributed by atoms with E-state index >= 15 is 0 Å². The Morgan fingerprint density at radius 3 is 2.65 bits per heavy atom. The smallest absolute Gasteiger partial charge is 0.243 e. The van der Waals surface area contributed by atoms with Crippen LogP contribution in [0.5, 0.6) is 0 Å². The molecule has 0 aliphatic heterocycles. The Morgan fingerprint density at radius 1 is 1.26 bits per heavy atom. The summed E-state index contributed by atoms with van der Waals surface area (Å²) in [5, 5.41) is 17.5. The summed E-state index contributed by atoms with van der Waals surface area (Å²) in [5.41, 5.74) is -0.357. The first-order valence-electron chi connectivity index (χ1n) is 6.58. The van der Waals surface area contributed by atoms with Crippen LogP contribution >= 0.6 is 0 Å². The molecule has 1 aromatic carbocycles. The molecule has 0 unspecified atom stereocenters. The molecule has 0 aliphatic rings. The van der Waals surface area contributed by atoms with E-state index in [4.69, 9.17) is 14.9 Å². The van der Waals surface area contributed by atoms with Crippen LogP contribution in [0.1, 0.15) is 17.7 Å². The maximum Gasteiger partial charge on any atom is 0.243 e. The summed E-state index contributed by atoms with van der Waals surface area (Å²) < 4.78 is 44.9. The number of nitriles is 2. The van der Waals surface area contributed by atoms with Crippen LogP contribution in [-0.2, 0) is 16.6 Å². The fourth-order valence-electron chi connectivity index (χ4n) is 1.93. The van der Waals surface area contributed by atoms with Gasteiger partial charge in [-0.05, 0) is 30.3 Å². The molecule has 0 spiro atoms. The van der Waals surface area contributed by atoms with E-state index in [1.165, 1.54) is 6.26 Å².